The minimum absolute atomic E-state index is 0.00912. The van der Waals surface area contributed by atoms with Gasteiger partial charge in [-0.05, 0) is 38.8 Å². The quantitative estimate of drug-likeness (QED) is 0.712. The molecule has 19 heavy (non-hydrogen) atoms. The van der Waals surface area contributed by atoms with Crippen molar-refractivity contribution in [1.29, 1.82) is 0 Å². The Hall–Kier alpha value is -0.660. The molecule has 2 N–H and O–H groups in total. The van der Waals surface area contributed by atoms with Gasteiger partial charge in [0, 0.05) is 6.04 Å². The van der Waals surface area contributed by atoms with Crippen molar-refractivity contribution in [2.75, 3.05) is 20.2 Å². The second-order valence-corrected chi connectivity index (χ2v) is 7.22. The summed E-state index contributed by atoms with van der Waals surface area (Å²) in [6.45, 7) is 1.66. The molecule has 1 heterocycles. The number of hydrogen-bond donors (Lipinski definition) is 2. The van der Waals surface area contributed by atoms with Crippen LogP contribution in [0.25, 0.3) is 0 Å². The van der Waals surface area contributed by atoms with E-state index in [1.54, 1.807) is 0 Å². The van der Waals surface area contributed by atoms with Crippen LogP contribution in [-0.2, 0) is 19.6 Å². The lowest BCUT2D eigenvalue weighted by Crippen LogP contribution is -2.47. The molecule has 1 saturated heterocycles. The van der Waals surface area contributed by atoms with Crippen molar-refractivity contribution < 1.29 is 17.9 Å². The first-order chi connectivity index (χ1) is 9.04. The van der Waals surface area contributed by atoms with E-state index in [1.807, 2.05) is 0 Å². The zero-order valence-corrected chi connectivity index (χ0v) is 12.0. The Morgan fingerprint density at radius 1 is 1.21 bits per heavy atom. The lowest BCUT2D eigenvalue weighted by molar-refractivity contribution is -0.145. The lowest BCUT2D eigenvalue weighted by atomic mass is 10.1. The zero-order chi connectivity index (χ0) is 13.9. The van der Waals surface area contributed by atoms with Crippen LogP contribution in [0.2, 0.25) is 0 Å². The van der Waals surface area contributed by atoms with E-state index >= 15 is 0 Å². The molecule has 0 aromatic heterocycles. The van der Waals surface area contributed by atoms with Gasteiger partial charge in [-0.1, -0.05) is 6.42 Å². The van der Waals surface area contributed by atoms with Crippen molar-refractivity contribution in [2.45, 2.75) is 43.4 Å². The summed E-state index contributed by atoms with van der Waals surface area (Å²) in [5.41, 5.74) is 0. The molecular formula is C12H22N2O4S. The van der Waals surface area contributed by atoms with Gasteiger partial charge in [-0.3, -0.25) is 4.79 Å². The van der Waals surface area contributed by atoms with E-state index in [4.69, 9.17) is 4.74 Å². The Morgan fingerprint density at radius 2 is 1.89 bits per heavy atom. The molecule has 2 atom stereocenters. The summed E-state index contributed by atoms with van der Waals surface area (Å²) in [7, 11) is -2.13. The summed E-state index contributed by atoms with van der Waals surface area (Å²) < 4.78 is 32.3. The van der Waals surface area contributed by atoms with Gasteiger partial charge in [0.2, 0.25) is 10.0 Å². The number of carbonyl (C=O) groups excluding carboxylic acids is 1. The molecule has 1 aliphatic heterocycles. The third-order valence-corrected chi connectivity index (χ3v) is 6.05. The van der Waals surface area contributed by atoms with E-state index in [-0.39, 0.29) is 6.04 Å². The topological polar surface area (TPSA) is 84.5 Å². The Kier molecular flexibility index (Phi) is 4.81. The number of nitrogens with one attached hydrogen (secondary N) is 2. The summed E-state index contributed by atoms with van der Waals surface area (Å²) in [4.78, 5) is 11.6. The number of piperidine rings is 1. The number of hydrogen-bond acceptors (Lipinski definition) is 5. The van der Waals surface area contributed by atoms with Gasteiger partial charge in [0.05, 0.1) is 18.3 Å². The van der Waals surface area contributed by atoms with Crippen LogP contribution >= 0.6 is 0 Å². The van der Waals surface area contributed by atoms with Crippen molar-refractivity contribution in [3.8, 4) is 0 Å². The SMILES string of the molecule is COC(=O)C1CCCC1S(=O)(=O)NC1CCNCC1. The molecule has 0 spiro atoms. The Morgan fingerprint density at radius 3 is 2.53 bits per heavy atom. The number of sulfonamides is 1. The molecule has 0 aromatic rings. The van der Waals surface area contributed by atoms with Crippen LogP contribution in [0, 0.1) is 5.92 Å². The van der Waals surface area contributed by atoms with Gasteiger partial charge < -0.3 is 10.1 Å². The van der Waals surface area contributed by atoms with Crippen molar-refractivity contribution in [2.24, 2.45) is 5.92 Å². The predicted octanol–water partition coefficient (Wildman–Crippen LogP) is -0.000500. The van der Waals surface area contributed by atoms with E-state index in [0.29, 0.717) is 12.8 Å². The van der Waals surface area contributed by atoms with E-state index in [0.717, 1.165) is 32.4 Å². The highest BCUT2D eigenvalue weighted by Crippen LogP contribution is 2.32. The Bertz CT molecular complexity index is 417. The number of carbonyl (C=O) groups is 1. The second kappa shape index (κ2) is 6.19. The molecule has 0 amide bonds. The highest BCUT2D eigenvalue weighted by Gasteiger charge is 2.42. The summed E-state index contributed by atoms with van der Waals surface area (Å²) in [6, 6.07) is -0.00912. The van der Waals surface area contributed by atoms with Gasteiger partial charge in [-0.25, -0.2) is 13.1 Å². The maximum atomic E-state index is 12.4. The molecule has 2 unspecified atom stereocenters. The monoisotopic (exact) mass is 290 g/mol. The van der Waals surface area contributed by atoms with Crippen LogP contribution in [0.3, 0.4) is 0 Å². The molecule has 2 rings (SSSR count). The molecule has 110 valence electrons. The van der Waals surface area contributed by atoms with E-state index in [2.05, 4.69) is 10.0 Å². The first-order valence-electron chi connectivity index (χ1n) is 6.84. The lowest BCUT2D eigenvalue weighted by Gasteiger charge is -2.26. The van der Waals surface area contributed by atoms with Crippen LogP contribution < -0.4 is 10.0 Å². The van der Waals surface area contributed by atoms with Crippen molar-refractivity contribution >= 4 is 16.0 Å². The number of esters is 1. The minimum Gasteiger partial charge on any atom is -0.469 e. The van der Waals surface area contributed by atoms with E-state index in [1.165, 1.54) is 7.11 Å². The van der Waals surface area contributed by atoms with Crippen LogP contribution in [0.1, 0.15) is 32.1 Å². The van der Waals surface area contributed by atoms with Gasteiger partial charge in [-0.2, -0.15) is 0 Å². The van der Waals surface area contributed by atoms with Crippen LogP contribution in [-0.4, -0.2) is 45.9 Å². The molecule has 1 aliphatic carbocycles. The third-order valence-electron chi connectivity index (χ3n) is 4.03. The molecule has 2 fully saturated rings. The predicted molar refractivity (Wildman–Crippen MR) is 71.1 cm³/mol. The molecular weight excluding hydrogens is 268 g/mol. The Balaban J connectivity index is 2.03. The Labute approximate surface area is 114 Å². The highest BCUT2D eigenvalue weighted by molar-refractivity contribution is 7.90. The van der Waals surface area contributed by atoms with Crippen molar-refractivity contribution in [1.82, 2.24) is 10.0 Å². The van der Waals surface area contributed by atoms with E-state index < -0.39 is 27.2 Å². The largest absolute Gasteiger partial charge is 0.469 e. The fourth-order valence-corrected chi connectivity index (χ4v) is 5.01. The van der Waals surface area contributed by atoms with Crippen LogP contribution in [0.4, 0.5) is 0 Å². The summed E-state index contributed by atoms with van der Waals surface area (Å²) >= 11 is 0. The highest BCUT2D eigenvalue weighted by atomic mass is 32.2. The number of methoxy groups -OCH3 is 1. The van der Waals surface area contributed by atoms with Gasteiger partial charge >= 0.3 is 5.97 Å². The molecule has 0 bridgehead atoms. The van der Waals surface area contributed by atoms with Gasteiger partial charge in [0.25, 0.3) is 0 Å². The molecule has 1 saturated carbocycles. The van der Waals surface area contributed by atoms with Gasteiger partial charge in [-0.15, -0.1) is 0 Å². The maximum absolute atomic E-state index is 12.4. The first kappa shape index (κ1) is 14.7. The third kappa shape index (κ3) is 3.46. The summed E-state index contributed by atoms with van der Waals surface area (Å²) in [5, 5.41) is 2.57. The molecule has 0 aromatic carbocycles. The summed E-state index contributed by atoms with van der Waals surface area (Å²) in [5.74, 6) is -0.914. The standard InChI is InChI=1S/C12H22N2O4S/c1-18-12(15)10-3-2-4-11(10)19(16,17)14-9-5-7-13-8-6-9/h9-11,13-14H,2-8H2,1H3. The maximum Gasteiger partial charge on any atom is 0.310 e. The average Bonchev–Trinajstić information content (AvgIpc) is 2.88. The fraction of sp³-hybridized carbons (Fsp3) is 0.917. The number of ether oxygens (including phenoxy) is 1. The van der Waals surface area contributed by atoms with Gasteiger partial charge in [0.15, 0.2) is 0 Å². The van der Waals surface area contributed by atoms with Crippen molar-refractivity contribution in [3.63, 3.8) is 0 Å². The normalized spacial score (nSPS) is 29.3. The molecule has 2 aliphatic rings. The fourth-order valence-electron chi connectivity index (χ4n) is 2.98. The summed E-state index contributed by atoms with van der Waals surface area (Å²) in [6.07, 6.45) is 3.51. The zero-order valence-electron chi connectivity index (χ0n) is 11.2. The van der Waals surface area contributed by atoms with Crippen molar-refractivity contribution in [3.05, 3.63) is 0 Å². The second-order valence-electron chi connectivity index (χ2n) is 5.29. The first-order valence-corrected chi connectivity index (χ1v) is 8.39. The van der Waals surface area contributed by atoms with Crippen LogP contribution in [0.15, 0.2) is 0 Å². The average molecular weight is 290 g/mol. The number of rotatable bonds is 4. The minimum atomic E-state index is -3.44. The molecule has 6 nitrogen and oxygen atoms in total. The smallest absolute Gasteiger partial charge is 0.310 e. The van der Waals surface area contributed by atoms with E-state index in [9.17, 15) is 13.2 Å². The van der Waals surface area contributed by atoms with Gasteiger partial charge in [0.1, 0.15) is 0 Å². The van der Waals surface area contributed by atoms with Crippen LogP contribution in [0.5, 0.6) is 0 Å². The molecule has 0 radical (unpaired) electrons. The molecule has 7 heteroatoms.